The second kappa shape index (κ2) is 9.42. The zero-order chi connectivity index (χ0) is 19.2. The SMILES string of the molecule is Cc1ccccc1Sc1cccc(C[C@H]2CN(Cc3ccccc3)CCO2)c1. The third-order valence-electron chi connectivity index (χ3n) is 5.16. The van der Waals surface area contributed by atoms with Gasteiger partial charge in [-0.25, -0.2) is 0 Å². The van der Waals surface area contributed by atoms with E-state index in [0.717, 1.165) is 32.7 Å². The lowest BCUT2D eigenvalue weighted by molar-refractivity contribution is -0.0305. The van der Waals surface area contributed by atoms with Gasteiger partial charge >= 0.3 is 0 Å². The smallest absolute Gasteiger partial charge is 0.0743 e. The van der Waals surface area contributed by atoms with E-state index >= 15 is 0 Å². The number of ether oxygens (including phenoxy) is 1. The zero-order valence-corrected chi connectivity index (χ0v) is 17.2. The molecule has 28 heavy (non-hydrogen) atoms. The fourth-order valence-corrected chi connectivity index (χ4v) is 4.67. The first-order valence-electron chi connectivity index (χ1n) is 9.96. The van der Waals surface area contributed by atoms with E-state index in [2.05, 4.69) is 90.7 Å². The van der Waals surface area contributed by atoms with Crippen LogP contribution in [-0.2, 0) is 17.7 Å². The van der Waals surface area contributed by atoms with Crippen LogP contribution < -0.4 is 0 Å². The van der Waals surface area contributed by atoms with Crippen LogP contribution in [0.2, 0.25) is 0 Å². The van der Waals surface area contributed by atoms with Crippen molar-refractivity contribution in [3.05, 3.63) is 95.6 Å². The van der Waals surface area contributed by atoms with Crippen LogP contribution in [0.25, 0.3) is 0 Å². The van der Waals surface area contributed by atoms with Crippen molar-refractivity contribution < 1.29 is 4.74 Å². The number of hydrogen-bond donors (Lipinski definition) is 0. The van der Waals surface area contributed by atoms with E-state index < -0.39 is 0 Å². The Bertz CT molecular complexity index is 896. The van der Waals surface area contributed by atoms with E-state index in [0.29, 0.717) is 0 Å². The van der Waals surface area contributed by atoms with Gasteiger partial charge in [0.25, 0.3) is 0 Å². The highest BCUT2D eigenvalue weighted by Gasteiger charge is 2.21. The molecule has 1 aliphatic rings. The molecule has 0 spiro atoms. The summed E-state index contributed by atoms with van der Waals surface area (Å²) in [6.07, 6.45) is 1.23. The van der Waals surface area contributed by atoms with Crippen molar-refractivity contribution in [3.8, 4) is 0 Å². The maximum atomic E-state index is 6.08. The standard InChI is InChI=1S/C25H27NOS/c1-20-8-5-6-13-25(20)28-24-12-7-11-22(17-24)16-23-19-26(14-15-27-23)18-21-9-3-2-4-10-21/h2-13,17,23H,14-16,18-19H2,1H3/t23-/m0/s1. The summed E-state index contributed by atoms with van der Waals surface area (Å²) in [6, 6.07) is 28.2. The first-order valence-corrected chi connectivity index (χ1v) is 10.8. The molecule has 1 aliphatic heterocycles. The predicted octanol–water partition coefficient (Wildman–Crippen LogP) is 5.59. The third kappa shape index (κ3) is 5.26. The molecular weight excluding hydrogens is 362 g/mol. The van der Waals surface area contributed by atoms with Gasteiger partial charge in [0, 0.05) is 29.4 Å². The van der Waals surface area contributed by atoms with E-state index in [1.165, 1.54) is 26.5 Å². The molecule has 3 heteroatoms. The van der Waals surface area contributed by atoms with Crippen molar-refractivity contribution in [2.45, 2.75) is 35.8 Å². The number of hydrogen-bond acceptors (Lipinski definition) is 3. The highest BCUT2D eigenvalue weighted by atomic mass is 32.2. The Labute approximate surface area is 172 Å². The quantitative estimate of drug-likeness (QED) is 0.545. The molecule has 0 aromatic heterocycles. The number of rotatable bonds is 6. The molecule has 0 N–H and O–H groups in total. The second-order valence-corrected chi connectivity index (χ2v) is 8.55. The molecule has 0 bridgehead atoms. The van der Waals surface area contributed by atoms with Crippen molar-refractivity contribution >= 4 is 11.8 Å². The Balaban J connectivity index is 1.38. The highest BCUT2D eigenvalue weighted by molar-refractivity contribution is 7.99. The molecule has 0 radical (unpaired) electrons. The lowest BCUT2D eigenvalue weighted by atomic mass is 10.1. The molecule has 2 nitrogen and oxygen atoms in total. The Hall–Kier alpha value is -2.07. The molecule has 0 aliphatic carbocycles. The molecule has 4 rings (SSSR count). The monoisotopic (exact) mass is 389 g/mol. The fourth-order valence-electron chi connectivity index (χ4n) is 3.69. The molecular formula is C25H27NOS. The first kappa shape index (κ1) is 19.3. The molecule has 0 saturated carbocycles. The molecule has 0 amide bonds. The Kier molecular flexibility index (Phi) is 6.48. The van der Waals surface area contributed by atoms with Crippen LogP contribution in [0.15, 0.2) is 88.7 Å². The number of nitrogens with zero attached hydrogens (tertiary/aromatic N) is 1. The summed E-state index contributed by atoms with van der Waals surface area (Å²) in [7, 11) is 0. The van der Waals surface area contributed by atoms with Crippen LogP contribution in [0.1, 0.15) is 16.7 Å². The van der Waals surface area contributed by atoms with Crippen LogP contribution >= 0.6 is 11.8 Å². The summed E-state index contributed by atoms with van der Waals surface area (Å²) in [6.45, 7) is 5.99. The van der Waals surface area contributed by atoms with Crippen molar-refractivity contribution in [3.63, 3.8) is 0 Å². The topological polar surface area (TPSA) is 12.5 Å². The first-order chi connectivity index (χ1) is 13.8. The van der Waals surface area contributed by atoms with E-state index in [9.17, 15) is 0 Å². The number of benzene rings is 3. The minimum Gasteiger partial charge on any atom is -0.375 e. The van der Waals surface area contributed by atoms with Crippen molar-refractivity contribution in [1.82, 2.24) is 4.90 Å². The molecule has 1 heterocycles. The van der Waals surface area contributed by atoms with Crippen LogP contribution in [0, 0.1) is 6.92 Å². The van der Waals surface area contributed by atoms with Gasteiger partial charge in [-0.1, -0.05) is 72.4 Å². The summed E-state index contributed by atoms with van der Waals surface area (Å²) in [4.78, 5) is 5.13. The number of aryl methyl sites for hydroxylation is 1. The molecule has 1 fully saturated rings. The largest absolute Gasteiger partial charge is 0.375 e. The van der Waals surface area contributed by atoms with Crippen molar-refractivity contribution in [1.29, 1.82) is 0 Å². The van der Waals surface area contributed by atoms with Crippen LogP contribution in [0.3, 0.4) is 0 Å². The van der Waals surface area contributed by atoms with Crippen molar-refractivity contribution in [2.24, 2.45) is 0 Å². The van der Waals surface area contributed by atoms with E-state index in [4.69, 9.17) is 4.74 Å². The lowest BCUT2D eigenvalue weighted by Crippen LogP contribution is -2.42. The van der Waals surface area contributed by atoms with Gasteiger partial charge in [-0.15, -0.1) is 0 Å². The summed E-state index contributed by atoms with van der Waals surface area (Å²) >= 11 is 1.84. The van der Waals surface area contributed by atoms with Gasteiger partial charge in [0.05, 0.1) is 12.7 Å². The van der Waals surface area contributed by atoms with E-state index in [-0.39, 0.29) is 6.10 Å². The summed E-state index contributed by atoms with van der Waals surface area (Å²) < 4.78 is 6.08. The van der Waals surface area contributed by atoms with Gasteiger partial charge in [0.1, 0.15) is 0 Å². The molecule has 1 saturated heterocycles. The summed E-state index contributed by atoms with van der Waals surface area (Å²) in [5.74, 6) is 0. The molecule has 0 unspecified atom stereocenters. The maximum Gasteiger partial charge on any atom is 0.0743 e. The molecule has 3 aromatic rings. The molecule has 144 valence electrons. The van der Waals surface area contributed by atoms with Crippen molar-refractivity contribution in [2.75, 3.05) is 19.7 Å². The van der Waals surface area contributed by atoms with E-state index in [1.54, 1.807) is 0 Å². The third-order valence-corrected chi connectivity index (χ3v) is 6.32. The predicted molar refractivity (Wildman–Crippen MR) is 117 cm³/mol. The Morgan fingerprint density at radius 3 is 2.57 bits per heavy atom. The highest BCUT2D eigenvalue weighted by Crippen LogP contribution is 2.30. The Morgan fingerprint density at radius 2 is 1.71 bits per heavy atom. The maximum absolute atomic E-state index is 6.08. The van der Waals surface area contributed by atoms with Gasteiger partial charge in [-0.05, 0) is 48.2 Å². The summed E-state index contributed by atoms with van der Waals surface area (Å²) in [5, 5.41) is 0. The normalized spacial score (nSPS) is 17.5. The summed E-state index contributed by atoms with van der Waals surface area (Å²) in [5.41, 5.74) is 4.05. The molecule has 3 aromatic carbocycles. The van der Waals surface area contributed by atoms with Gasteiger partial charge in [0.2, 0.25) is 0 Å². The van der Waals surface area contributed by atoms with Gasteiger partial charge in [-0.3, -0.25) is 4.90 Å². The van der Waals surface area contributed by atoms with Gasteiger partial charge < -0.3 is 4.74 Å². The van der Waals surface area contributed by atoms with E-state index in [1.807, 2.05) is 11.8 Å². The minimum absolute atomic E-state index is 0.260. The second-order valence-electron chi connectivity index (χ2n) is 7.43. The zero-order valence-electron chi connectivity index (χ0n) is 16.4. The average Bonchev–Trinajstić information content (AvgIpc) is 2.71. The number of morpholine rings is 1. The van der Waals surface area contributed by atoms with Gasteiger partial charge in [-0.2, -0.15) is 0 Å². The van der Waals surface area contributed by atoms with Crippen LogP contribution in [0.4, 0.5) is 0 Å². The fraction of sp³-hybridized carbons (Fsp3) is 0.280. The molecule has 1 atom stereocenters. The van der Waals surface area contributed by atoms with Crippen LogP contribution in [0.5, 0.6) is 0 Å². The lowest BCUT2D eigenvalue weighted by Gasteiger charge is -2.33. The average molecular weight is 390 g/mol. The van der Waals surface area contributed by atoms with Gasteiger partial charge in [0.15, 0.2) is 0 Å². The van der Waals surface area contributed by atoms with Crippen LogP contribution in [-0.4, -0.2) is 30.7 Å². The Morgan fingerprint density at radius 1 is 0.929 bits per heavy atom. The minimum atomic E-state index is 0.260.